The van der Waals surface area contributed by atoms with Crippen LogP contribution in [0.15, 0.2) is 29.6 Å². The van der Waals surface area contributed by atoms with E-state index in [1.54, 1.807) is 29.6 Å². The zero-order chi connectivity index (χ0) is 14.7. The largest absolute Gasteiger partial charge is 0.478 e. The summed E-state index contributed by atoms with van der Waals surface area (Å²) in [6.07, 6.45) is 0. The third-order valence-corrected chi connectivity index (χ3v) is 3.87. The maximum Gasteiger partial charge on any atom is 0.336 e. The Balaban J connectivity index is 2.11. The lowest BCUT2D eigenvalue weighted by atomic mass is 10.2. The highest BCUT2D eigenvalue weighted by Gasteiger charge is 2.08. The number of halogens is 1. The number of primary amides is 1. The zero-order valence-electron chi connectivity index (χ0n) is 10.2. The van der Waals surface area contributed by atoms with Gasteiger partial charge in [-0.05, 0) is 24.3 Å². The molecule has 5 nitrogen and oxygen atoms in total. The molecular weight excluding hydrogens is 300 g/mol. The van der Waals surface area contributed by atoms with Gasteiger partial charge in [-0.1, -0.05) is 11.6 Å². The second kappa shape index (κ2) is 5.94. The monoisotopic (exact) mass is 310 g/mol. The van der Waals surface area contributed by atoms with E-state index in [2.05, 4.69) is 5.32 Å². The topological polar surface area (TPSA) is 92.4 Å². The van der Waals surface area contributed by atoms with Gasteiger partial charge in [0, 0.05) is 22.4 Å². The normalized spacial score (nSPS) is 10.2. The number of hydrogen-bond acceptors (Lipinski definition) is 4. The summed E-state index contributed by atoms with van der Waals surface area (Å²) in [6.45, 7) is 0.417. The smallest absolute Gasteiger partial charge is 0.336 e. The van der Waals surface area contributed by atoms with Gasteiger partial charge >= 0.3 is 5.97 Å². The van der Waals surface area contributed by atoms with Crippen molar-refractivity contribution in [2.75, 3.05) is 5.32 Å². The summed E-state index contributed by atoms with van der Waals surface area (Å²) in [7, 11) is 0. The first-order valence-corrected chi connectivity index (χ1v) is 6.87. The van der Waals surface area contributed by atoms with Gasteiger partial charge in [-0.2, -0.15) is 0 Å². The van der Waals surface area contributed by atoms with Crippen molar-refractivity contribution in [3.8, 4) is 0 Å². The molecule has 0 saturated heterocycles. The molecule has 0 radical (unpaired) electrons. The number of nitrogens with one attached hydrogen (secondary N) is 1. The first kappa shape index (κ1) is 14.4. The number of carboxylic acid groups (broad SMARTS) is 1. The Hall–Kier alpha value is -2.05. The van der Waals surface area contributed by atoms with Crippen molar-refractivity contribution in [3.63, 3.8) is 0 Å². The van der Waals surface area contributed by atoms with E-state index in [4.69, 9.17) is 22.4 Å². The van der Waals surface area contributed by atoms with Gasteiger partial charge in [0.25, 0.3) is 0 Å². The van der Waals surface area contributed by atoms with Gasteiger partial charge in [0.1, 0.15) is 0 Å². The average molecular weight is 311 g/mol. The molecule has 1 aromatic heterocycles. The van der Waals surface area contributed by atoms with Crippen LogP contribution >= 0.6 is 22.9 Å². The molecule has 0 fully saturated rings. The molecule has 2 aromatic rings. The molecule has 104 valence electrons. The molecule has 7 heteroatoms. The van der Waals surface area contributed by atoms with Gasteiger partial charge in [-0.25, -0.2) is 4.79 Å². The van der Waals surface area contributed by atoms with E-state index in [-0.39, 0.29) is 5.56 Å². The Bertz CT molecular complexity index is 669. The van der Waals surface area contributed by atoms with Gasteiger partial charge in [0.05, 0.1) is 16.3 Å². The van der Waals surface area contributed by atoms with E-state index in [1.165, 1.54) is 11.3 Å². The molecule has 0 aliphatic heterocycles. The number of hydrogen-bond donors (Lipinski definition) is 3. The summed E-state index contributed by atoms with van der Waals surface area (Å²) in [5.41, 5.74) is 6.39. The minimum absolute atomic E-state index is 0.254. The van der Waals surface area contributed by atoms with Crippen LogP contribution in [0.4, 0.5) is 5.69 Å². The molecule has 0 atom stereocenters. The van der Waals surface area contributed by atoms with E-state index in [9.17, 15) is 9.59 Å². The van der Waals surface area contributed by atoms with Crippen molar-refractivity contribution in [2.24, 2.45) is 5.73 Å². The Morgan fingerprint density at radius 3 is 2.65 bits per heavy atom. The van der Waals surface area contributed by atoms with Gasteiger partial charge in [0.15, 0.2) is 0 Å². The SMILES string of the molecule is NC(=O)c1ccc(Cl)c(NCc2cc(C(=O)O)cs2)c1. The molecule has 0 bridgehead atoms. The molecule has 0 spiro atoms. The fourth-order valence-corrected chi connectivity index (χ4v) is 2.56. The molecule has 0 saturated carbocycles. The molecule has 2 rings (SSSR count). The van der Waals surface area contributed by atoms with Crippen LogP contribution in [0.25, 0.3) is 0 Å². The van der Waals surface area contributed by atoms with Gasteiger partial charge < -0.3 is 16.2 Å². The number of carbonyl (C=O) groups excluding carboxylic acids is 1. The summed E-state index contributed by atoms with van der Waals surface area (Å²) >= 11 is 7.35. The number of aromatic carboxylic acids is 1. The molecule has 4 N–H and O–H groups in total. The lowest BCUT2D eigenvalue weighted by Gasteiger charge is -2.08. The van der Waals surface area contributed by atoms with Crippen LogP contribution in [-0.2, 0) is 6.54 Å². The van der Waals surface area contributed by atoms with Crippen LogP contribution in [0.3, 0.4) is 0 Å². The maximum absolute atomic E-state index is 11.1. The quantitative estimate of drug-likeness (QED) is 0.791. The van der Waals surface area contributed by atoms with Crippen molar-refractivity contribution < 1.29 is 14.7 Å². The third kappa shape index (κ3) is 3.28. The second-order valence-corrected chi connectivity index (χ2v) is 5.42. The lowest BCUT2D eigenvalue weighted by molar-refractivity contribution is 0.0697. The van der Waals surface area contributed by atoms with Crippen LogP contribution in [0.1, 0.15) is 25.6 Å². The Morgan fingerprint density at radius 1 is 1.30 bits per heavy atom. The number of benzene rings is 1. The van der Waals surface area contributed by atoms with Crippen LogP contribution in [0.2, 0.25) is 5.02 Å². The average Bonchev–Trinajstić information content (AvgIpc) is 2.86. The Labute approximate surface area is 124 Å². The molecule has 0 aliphatic rings. The highest BCUT2D eigenvalue weighted by Crippen LogP contribution is 2.24. The molecule has 0 unspecified atom stereocenters. The number of thiophene rings is 1. The summed E-state index contributed by atoms with van der Waals surface area (Å²) in [5.74, 6) is -1.49. The predicted molar refractivity (Wildman–Crippen MR) is 78.6 cm³/mol. The van der Waals surface area contributed by atoms with Gasteiger partial charge in [-0.15, -0.1) is 11.3 Å². The number of anilines is 1. The highest BCUT2D eigenvalue weighted by atomic mass is 35.5. The molecular formula is C13H11ClN2O3S. The molecule has 1 amide bonds. The molecule has 1 aromatic carbocycles. The van der Waals surface area contributed by atoms with Crippen LogP contribution in [0.5, 0.6) is 0 Å². The van der Waals surface area contributed by atoms with Gasteiger partial charge in [0.2, 0.25) is 5.91 Å². The van der Waals surface area contributed by atoms with Crippen LogP contribution < -0.4 is 11.1 Å². The highest BCUT2D eigenvalue weighted by molar-refractivity contribution is 7.10. The summed E-state index contributed by atoms with van der Waals surface area (Å²) in [4.78, 5) is 22.7. The summed E-state index contributed by atoms with van der Waals surface area (Å²) in [6, 6.07) is 6.28. The van der Waals surface area contributed by atoms with Crippen molar-refractivity contribution in [1.82, 2.24) is 0 Å². The van der Waals surface area contributed by atoms with Gasteiger partial charge in [-0.3, -0.25) is 4.79 Å². The van der Waals surface area contributed by atoms with E-state index >= 15 is 0 Å². The third-order valence-electron chi connectivity index (χ3n) is 2.60. The van der Waals surface area contributed by atoms with Crippen molar-refractivity contribution in [3.05, 3.63) is 50.7 Å². The number of nitrogens with two attached hydrogens (primary N) is 1. The first-order chi connectivity index (χ1) is 9.47. The fraction of sp³-hybridized carbons (Fsp3) is 0.0769. The second-order valence-electron chi connectivity index (χ2n) is 4.02. The van der Waals surface area contributed by atoms with E-state index < -0.39 is 11.9 Å². The summed E-state index contributed by atoms with van der Waals surface area (Å²) < 4.78 is 0. The Kier molecular flexibility index (Phi) is 4.26. The first-order valence-electron chi connectivity index (χ1n) is 5.61. The molecule has 1 heterocycles. The molecule has 20 heavy (non-hydrogen) atoms. The minimum Gasteiger partial charge on any atom is -0.478 e. The Morgan fingerprint density at radius 2 is 2.05 bits per heavy atom. The number of rotatable bonds is 5. The van der Waals surface area contributed by atoms with Crippen molar-refractivity contribution in [2.45, 2.75) is 6.54 Å². The van der Waals surface area contributed by atoms with E-state index in [0.29, 0.717) is 22.8 Å². The van der Waals surface area contributed by atoms with E-state index in [1.807, 2.05) is 0 Å². The number of carbonyl (C=O) groups is 2. The van der Waals surface area contributed by atoms with Crippen LogP contribution in [0, 0.1) is 0 Å². The fourth-order valence-electron chi connectivity index (χ4n) is 1.58. The predicted octanol–water partition coefficient (Wildman–Crippen LogP) is 2.81. The van der Waals surface area contributed by atoms with Crippen molar-refractivity contribution in [1.29, 1.82) is 0 Å². The maximum atomic E-state index is 11.1. The zero-order valence-corrected chi connectivity index (χ0v) is 11.8. The van der Waals surface area contributed by atoms with Crippen molar-refractivity contribution >= 4 is 40.5 Å². The standard InChI is InChI=1S/C13H11ClN2O3S/c14-10-2-1-7(12(15)17)4-11(10)16-5-9-3-8(6-20-9)13(18)19/h1-4,6,16H,5H2,(H2,15,17)(H,18,19). The summed E-state index contributed by atoms with van der Waals surface area (Å²) in [5, 5.41) is 13.9. The number of amides is 1. The van der Waals surface area contributed by atoms with Crippen LogP contribution in [-0.4, -0.2) is 17.0 Å². The molecule has 0 aliphatic carbocycles. The lowest BCUT2D eigenvalue weighted by Crippen LogP contribution is -2.11. The van der Waals surface area contributed by atoms with E-state index in [0.717, 1.165) is 4.88 Å². The minimum atomic E-state index is -0.957. The number of carboxylic acids is 1.